The van der Waals surface area contributed by atoms with Gasteiger partial charge in [-0.15, -0.1) is 0 Å². The normalized spacial score (nSPS) is 10.1. The number of carbonyl (C=O) groups excluding carboxylic acids is 1. The second-order valence-electron chi connectivity index (χ2n) is 5.22. The van der Waals surface area contributed by atoms with Crippen LogP contribution < -0.4 is 24.8 Å². The summed E-state index contributed by atoms with van der Waals surface area (Å²) in [7, 11) is 4.58. The molecule has 1 aromatic carbocycles. The van der Waals surface area contributed by atoms with Crippen LogP contribution in [0.1, 0.15) is 23.7 Å². The molecule has 0 unspecified atom stereocenters. The van der Waals surface area contributed by atoms with Gasteiger partial charge >= 0.3 is 0 Å². The van der Waals surface area contributed by atoms with Crippen LogP contribution in [0.15, 0.2) is 30.5 Å². The molecule has 1 heterocycles. The molecule has 0 bridgehead atoms. The number of hydrogen-bond donors (Lipinski definition) is 2. The maximum absolute atomic E-state index is 12.5. The number of hydrogen-bond acceptors (Lipinski definition) is 6. The Bertz CT molecular complexity index is 709. The summed E-state index contributed by atoms with van der Waals surface area (Å²) in [4.78, 5) is 16.7. The van der Waals surface area contributed by atoms with Crippen molar-refractivity contribution in [2.24, 2.45) is 0 Å². The molecule has 2 N–H and O–H groups in total. The Morgan fingerprint density at radius 3 is 2.32 bits per heavy atom. The largest absolute Gasteiger partial charge is 0.493 e. The summed E-state index contributed by atoms with van der Waals surface area (Å²) < 4.78 is 15.9. The first-order valence-electron chi connectivity index (χ1n) is 7.94. The van der Waals surface area contributed by atoms with Gasteiger partial charge in [0.1, 0.15) is 5.82 Å². The van der Waals surface area contributed by atoms with Gasteiger partial charge in [0.05, 0.1) is 21.3 Å². The highest BCUT2D eigenvalue weighted by molar-refractivity contribution is 6.04. The lowest BCUT2D eigenvalue weighted by atomic mass is 10.2. The molecule has 7 heteroatoms. The van der Waals surface area contributed by atoms with Crippen molar-refractivity contribution in [3.05, 3.63) is 36.0 Å². The summed E-state index contributed by atoms with van der Waals surface area (Å²) in [5.41, 5.74) is 1.04. The number of aromatic nitrogens is 1. The predicted molar refractivity (Wildman–Crippen MR) is 97.1 cm³/mol. The highest BCUT2D eigenvalue weighted by Gasteiger charge is 2.15. The number of rotatable bonds is 8. The lowest BCUT2D eigenvalue weighted by molar-refractivity contribution is 0.102. The maximum Gasteiger partial charge on any atom is 0.255 e. The minimum atomic E-state index is -0.253. The van der Waals surface area contributed by atoms with Gasteiger partial charge in [-0.05, 0) is 18.6 Å². The fourth-order valence-corrected chi connectivity index (χ4v) is 2.28. The molecule has 25 heavy (non-hydrogen) atoms. The minimum absolute atomic E-state index is 0.253. The third-order valence-corrected chi connectivity index (χ3v) is 3.50. The lowest BCUT2D eigenvalue weighted by Gasteiger charge is -2.14. The molecule has 0 atom stereocenters. The molecule has 2 aromatic rings. The first kappa shape index (κ1) is 18.4. The molecular weight excluding hydrogens is 322 g/mol. The van der Waals surface area contributed by atoms with E-state index in [9.17, 15) is 4.79 Å². The number of ether oxygens (including phenoxy) is 3. The summed E-state index contributed by atoms with van der Waals surface area (Å²) >= 11 is 0. The number of amides is 1. The molecule has 0 saturated carbocycles. The zero-order chi connectivity index (χ0) is 18.2. The smallest absolute Gasteiger partial charge is 0.255 e. The summed E-state index contributed by atoms with van der Waals surface area (Å²) in [6, 6.07) is 6.72. The number of pyridine rings is 1. The number of carbonyl (C=O) groups is 1. The van der Waals surface area contributed by atoms with E-state index in [2.05, 4.69) is 22.5 Å². The minimum Gasteiger partial charge on any atom is -0.493 e. The Balaban J connectivity index is 2.23. The zero-order valence-electron chi connectivity index (χ0n) is 14.9. The molecular formula is C18H23N3O4. The maximum atomic E-state index is 12.5. The summed E-state index contributed by atoms with van der Waals surface area (Å²) in [6.45, 7) is 2.86. The Kier molecular flexibility index (Phi) is 6.45. The Morgan fingerprint density at radius 2 is 1.76 bits per heavy atom. The van der Waals surface area contributed by atoms with Gasteiger partial charge in [-0.1, -0.05) is 6.92 Å². The fraction of sp³-hybridized carbons (Fsp3) is 0.333. The van der Waals surface area contributed by atoms with Gasteiger partial charge in [0, 0.05) is 36.1 Å². The van der Waals surface area contributed by atoms with Crippen molar-refractivity contribution in [2.45, 2.75) is 13.3 Å². The molecule has 0 aliphatic carbocycles. The topological polar surface area (TPSA) is 81.7 Å². The molecule has 1 amide bonds. The molecule has 0 saturated heterocycles. The molecule has 0 fully saturated rings. The van der Waals surface area contributed by atoms with Crippen molar-refractivity contribution in [2.75, 3.05) is 38.5 Å². The molecule has 0 aliphatic rings. The quantitative estimate of drug-likeness (QED) is 0.765. The number of nitrogens with one attached hydrogen (secondary N) is 2. The van der Waals surface area contributed by atoms with Crippen LogP contribution in [-0.2, 0) is 0 Å². The van der Waals surface area contributed by atoms with Gasteiger partial charge in [0.2, 0.25) is 5.75 Å². The third kappa shape index (κ3) is 4.53. The van der Waals surface area contributed by atoms with Crippen LogP contribution in [0.4, 0.5) is 11.5 Å². The van der Waals surface area contributed by atoms with Crippen LogP contribution in [0.3, 0.4) is 0 Å². The SMILES string of the molecule is CCCNc1cc(C(=O)Nc2cc(OC)c(OC)c(OC)c2)ccn1. The van der Waals surface area contributed by atoms with Crippen molar-refractivity contribution in [1.82, 2.24) is 4.98 Å². The van der Waals surface area contributed by atoms with Crippen LogP contribution in [0, 0.1) is 0 Å². The van der Waals surface area contributed by atoms with Crippen molar-refractivity contribution in [3.63, 3.8) is 0 Å². The third-order valence-electron chi connectivity index (χ3n) is 3.50. The molecule has 0 spiro atoms. The number of benzene rings is 1. The van der Waals surface area contributed by atoms with Gasteiger partial charge in [0.15, 0.2) is 11.5 Å². The van der Waals surface area contributed by atoms with Crippen molar-refractivity contribution >= 4 is 17.4 Å². The highest BCUT2D eigenvalue weighted by Crippen LogP contribution is 2.40. The van der Waals surface area contributed by atoms with Gasteiger partial charge in [-0.2, -0.15) is 0 Å². The van der Waals surface area contributed by atoms with E-state index in [0.717, 1.165) is 13.0 Å². The monoisotopic (exact) mass is 345 g/mol. The van der Waals surface area contributed by atoms with E-state index in [1.54, 1.807) is 30.5 Å². The average Bonchev–Trinajstić information content (AvgIpc) is 2.65. The van der Waals surface area contributed by atoms with E-state index in [0.29, 0.717) is 34.3 Å². The van der Waals surface area contributed by atoms with E-state index in [4.69, 9.17) is 14.2 Å². The average molecular weight is 345 g/mol. The van der Waals surface area contributed by atoms with Gasteiger partial charge in [0.25, 0.3) is 5.91 Å². The number of anilines is 2. The van der Waals surface area contributed by atoms with E-state index in [-0.39, 0.29) is 5.91 Å². The van der Waals surface area contributed by atoms with E-state index in [1.165, 1.54) is 21.3 Å². The first-order valence-corrected chi connectivity index (χ1v) is 7.94. The van der Waals surface area contributed by atoms with Gasteiger partial charge in [-0.3, -0.25) is 4.79 Å². The summed E-state index contributed by atoms with van der Waals surface area (Å²) in [6.07, 6.45) is 2.58. The second-order valence-corrected chi connectivity index (χ2v) is 5.22. The van der Waals surface area contributed by atoms with Crippen molar-refractivity contribution in [3.8, 4) is 17.2 Å². The Hall–Kier alpha value is -2.96. The molecule has 0 aliphatic heterocycles. The van der Waals surface area contributed by atoms with Crippen LogP contribution in [0.2, 0.25) is 0 Å². The first-order chi connectivity index (χ1) is 12.1. The highest BCUT2D eigenvalue weighted by atomic mass is 16.5. The van der Waals surface area contributed by atoms with E-state index < -0.39 is 0 Å². The lowest BCUT2D eigenvalue weighted by Crippen LogP contribution is -2.13. The molecule has 134 valence electrons. The van der Waals surface area contributed by atoms with Crippen molar-refractivity contribution in [1.29, 1.82) is 0 Å². The van der Waals surface area contributed by atoms with Gasteiger partial charge < -0.3 is 24.8 Å². The predicted octanol–water partition coefficient (Wildman–Crippen LogP) is 3.18. The molecule has 0 radical (unpaired) electrons. The van der Waals surface area contributed by atoms with E-state index in [1.807, 2.05) is 0 Å². The second kappa shape index (κ2) is 8.77. The standard InChI is InChI=1S/C18H23N3O4/c1-5-7-19-16-9-12(6-8-20-16)18(22)21-13-10-14(23-2)17(25-4)15(11-13)24-3/h6,8-11H,5,7H2,1-4H3,(H,19,20)(H,21,22). The van der Waals surface area contributed by atoms with Crippen LogP contribution >= 0.6 is 0 Å². The summed E-state index contributed by atoms with van der Waals surface area (Å²) in [5, 5.41) is 5.99. The van der Waals surface area contributed by atoms with Gasteiger partial charge in [-0.25, -0.2) is 4.98 Å². The molecule has 2 rings (SSSR count). The Labute approximate surface area is 147 Å². The number of methoxy groups -OCH3 is 3. The van der Waals surface area contributed by atoms with Crippen molar-refractivity contribution < 1.29 is 19.0 Å². The van der Waals surface area contributed by atoms with E-state index >= 15 is 0 Å². The van der Waals surface area contributed by atoms with Crippen LogP contribution in [0.25, 0.3) is 0 Å². The van der Waals surface area contributed by atoms with Crippen LogP contribution in [-0.4, -0.2) is 38.8 Å². The summed E-state index contributed by atoms with van der Waals surface area (Å²) in [5.74, 6) is 1.82. The molecule has 7 nitrogen and oxygen atoms in total. The zero-order valence-corrected chi connectivity index (χ0v) is 14.9. The molecule has 1 aromatic heterocycles. The van der Waals surface area contributed by atoms with Crippen LogP contribution in [0.5, 0.6) is 17.2 Å². The Morgan fingerprint density at radius 1 is 1.08 bits per heavy atom. The fourth-order valence-electron chi connectivity index (χ4n) is 2.28. The number of nitrogens with zero attached hydrogens (tertiary/aromatic N) is 1.